The number of rotatable bonds is 6. The van der Waals surface area contributed by atoms with Gasteiger partial charge in [0.15, 0.2) is 0 Å². The van der Waals surface area contributed by atoms with Crippen LogP contribution in [0, 0.1) is 23.7 Å². The third-order valence-corrected chi connectivity index (χ3v) is 17.2. The number of nitrogens with one attached hydrogen (secondary N) is 1. The van der Waals surface area contributed by atoms with Crippen LogP contribution in [0.5, 0.6) is 0 Å². The second-order valence-corrected chi connectivity index (χ2v) is 28.3. The number of carbonyl (C=O) groups excluding carboxylic acids is 2. The van der Waals surface area contributed by atoms with Crippen molar-refractivity contribution in [3.05, 3.63) is 79.5 Å². The molecule has 0 radical (unpaired) electrons. The monoisotopic (exact) mass is 1210 g/mol. The molecule has 2 amide bonds. The van der Waals surface area contributed by atoms with Crippen LogP contribution in [0.1, 0.15) is 164 Å². The van der Waals surface area contributed by atoms with Crippen LogP contribution in [-0.4, -0.2) is 117 Å². The Hall–Kier alpha value is -4.31. The SMILES string of the molecule is C.CC1(C)OB(c2cncs2)OC1(C)C.CC1CC=C(OS(=O)(=O)C(F)(F)F)N(C(=O)OC(C)(C)C)C1.CC1CC=C(c2cncs2)N(C(=O)OC(C)(C)C)C1.CC1CCC(c2cncs2)=NC1.C[C@H]1CC[C@H](c2cncs2)NC1. The van der Waals surface area contributed by atoms with Gasteiger partial charge < -0.3 is 28.3 Å². The number of ether oxygens (including phenoxy) is 2. The standard InChI is InChI=1S/C14H20N2O2S.C12H18F3NO5S.C9H14BNO2S.C9H14N2S.C9H12N2S.CH4/c1-10-5-6-11(12-7-15-9-19-12)16(8-10)13(17)18-14(2,3)4;1-8-5-6-9(21-22(18,19)12(13,14)15)16(7-8)10(17)20-11(2,3)4;1-8(2)9(3,4)13-10(12-8)7-5-11-6-14-7;2*1-7-2-3-8(11-4-7)9-5-10-6-12-9;/h6-7,9-10H,5,8H2,1-4H3;6,8H,5,7H2,1-4H3;5-6H,1-4H3;5-8,11H,2-4H2,1H3;5-7H,2-4H2,1H3;1H4/t;;;7-,8+;;/m...0../s1. The molecule has 0 aliphatic carbocycles. The second kappa shape index (κ2) is 29.3. The van der Waals surface area contributed by atoms with Crippen LogP contribution >= 0.6 is 45.3 Å². The molecule has 5 aliphatic heterocycles. The number of allylic oxidation sites excluding steroid dienone is 2. The number of piperidine rings is 1. The Morgan fingerprint density at radius 2 is 1.23 bits per heavy atom. The van der Waals surface area contributed by atoms with Crippen molar-refractivity contribution in [3.8, 4) is 0 Å². The normalized spacial score (nSPS) is 22.7. The van der Waals surface area contributed by atoms with Crippen LogP contribution in [0.4, 0.5) is 22.8 Å². The molecule has 0 aromatic carbocycles. The van der Waals surface area contributed by atoms with E-state index in [9.17, 15) is 31.2 Å². The van der Waals surface area contributed by atoms with Crippen LogP contribution in [0.25, 0.3) is 5.70 Å². The van der Waals surface area contributed by atoms with E-state index in [1.807, 2.05) is 71.9 Å². The van der Waals surface area contributed by atoms with Crippen molar-refractivity contribution in [3.63, 3.8) is 0 Å². The summed E-state index contributed by atoms with van der Waals surface area (Å²) in [6, 6.07) is 0.577. The highest BCUT2D eigenvalue weighted by molar-refractivity contribution is 7.87. The minimum absolute atomic E-state index is 0. The second-order valence-electron chi connectivity index (χ2n) is 23.2. The molecule has 446 valence electrons. The molecule has 17 nitrogen and oxygen atoms in total. The number of aromatic nitrogens is 4. The number of amides is 2. The topological polar surface area (TPSA) is 197 Å². The van der Waals surface area contributed by atoms with E-state index >= 15 is 0 Å². The first kappa shape index (κ1) is 68.2. The maximum atomic E-state index is 12.4. The smallest absolute Gasteiger partial charge is 0.443 e. The molecule has 2 saturated heterocycles. The third-order valence-electron chi connectivity index (χ3n) is 12.9. The lowest BCUT2D eigenvalue weighted by Crippen LogP contribution is -2.42. The number of aliphatic imine (C=N–C) groups is 1. The average molecular weight is 1220 g/mol. The molecule has 2 fully saturated rings. The zero-order valence-corrected chi connectivity index (χ0v) is 51.9. The van der Waals surface area contributed by atoms with E-state index in [1.165, 1.54) is 34.7 Å². The van der Waals surface area contributed by atoms with Gasteiger partial charge in [-0.2, -0.15) is 21.6 Å². The van der Waals surface area contributed by atoms with E-state index in [1.54, 1.807) is 101 Å². The summed E-state index contributed by atoms with van der Waals surface area (Å²) in [6.45, 7) is 29.9. The molecule has 4 aromatic rings. The van der Waals surface area contributed by atoms with Crippen LogP contribution in [0.2, 0.25) is 0 Å². The molecule has 9 heterocycles. The van der Waals surface area contributed by atoms with Crippen molar-refractivity contribution in [1.82, 2.24) is 35.1 Å². The summed E-state index contributed by atoms with van der Waals surface area (Å²) < 4.78 is 86.7. The number of carbonyl (C=O) groups is 2. The van der Waals surface area contributed by atoms with E-state index in [-0.39, 0.29) is 50.7 Å². The lowest BCUT2D eigenvalue weighted by atomic mass is 9.89. The Balaban J connectivity index is 0.000000219. The number of thiazole rings is 4. The number of alkyl halides is 3. The minimum atomic E-state index is -5.84. The first-order valence-corrected chi connectivity index (χ1v) is 31.3. The van der Waals surface area contributed by atoms with E-state index < -0.39 is 38.8 Å². The predicted molar refractivity (Wildman–Crippen MR) is 315 cm³/mol. The molecule has 0 bridgehead atoms. The summed E-state index contributed by atoms with van der Waals surface area (Å²) in [4.78, 5) is 51.3. The van der Waals surface area contributed by atoms with Gasteiger partial charge >= 0.3 is 34.9 Å². The van der Waals surface area contributed by atoms with Gasteiger partial charge in [-0.25, -0.2) is 14.5 Å². The highest BCUT2D eigenvalue weighted by Gasteiger charge is 2.52. The van der Waals surface area contributed by atoms with Gasteiger partial charge in [0.05, 0.1) is 59.2 Å². The van der Waals surface area contributed by atoms with Gasteiger partial charge in [0, 0.05) is 55.3 Å². The zero-order valence-electron chi connectivity index (χ0n) is 47.8. The number of nitrogens with zero attached hydrogens (tertiary/aromatic N) is 7. The molecule has 0 saturated carbocycles. The Labute approximate surface area is 488 Å². The van der Waals surface area contributed by atoms with Crippen molar-refractivity contribution < 1.29 is 54.1 Å². The van der Waals surface area contributed by atoms with Gasteiger partial charge in [0.25, 0.3) is 0 Å². The van der Waals surface area contributed by atoms with E-state index in [0.717, 1.165) is 64.1 Å². The van der Waals surface area contributed by atoms with E-state index in [2.05, 4.69) is 61.3 Å². The summed E-state index contributed by atoms with van der Waals surface area (Å²) in [5.41, 5.74) is 2.08. The van der Waals surface area contributed by atoms with Crippen molar-refractivity contribution >= 4 is 91.0 Å². The molecule has 80 heavy (non-hydrogen) atoms. The van der Waals surface area contributed by atoms with Crippen LogP contribution in [0.3, 0.4) is 0 Å². The van der Waals surface area contributed by atoms with Gasteiger partial charge in [-0.3, -0.25) is 29.8 Å². The first-order valence-electron chi connectivity index (χ1n) is 26.3. The van der Waals surface area contributed by atoms with Gasteiger partial charge in [0.2, 0.25) is 5.88 Å². The van der Waals surface area contributed by atoms with Crippen molar-refractivity contribution in [2.75, 3.05) is 26.2 Å². The fourth-order valence-corrected chi connectivity index (χ4v) is 11.0. The molecule has 5 aliphatic rings. The van der Waals surface area contributed by atoms with Gasteiger partial charge in [-0.15, -0.1) is 45.3 Å². The molecular weight excluding hydrogens is 1130 g/mol. The zero-order chi connectivity index (χ0) is 58.6. The summed E-state index contributed by atoms with van der Waals surface area (Å²) in [5.74, 6) is 1.29. The minimum Gasteiger partial charge on any atom is -0.443 e. The Kier molecular flexibility index (Phi) is 25.0. The van der Waals surface area contributed by atoms with Crippen LogP contribution < -0.4 is 10.1 Å². The van der Waals surface area contributed by atoms with Crippen molar-refractivity contribution in [2.24, 2.45) is 28.7 Å². The maximum Gasteiger partial charge on any atom is 0.534 e. The predicted octanol–water partition coefficient (Wildman–Crippen LogP) is 13.4. The summed E-state index contributed by atoms with van der Waals surface area (Å²) in [6.07, 6.45) is 15.7. The highest BCUT2D eigenvalue weighted by atomic mass is 32.2. The number of halogens is 3. The molecule has 5 atom stereocenters. The van der Waals surface area contributed by atoms with Crippen LogP contribution in [0.15, 0.2) is 69.9 Å². The van der Waals surface area contributed by atoms with Gasteiger partial charge in [-0.05, 0) is 144 Å². The summed E-state index contributed by atoms with van der Waals surface area (Å²) in [7, 11) is -6.10. The maximum absolute atomic E-state index is 12.4. The largest absolute Gasteiger partial charge is 0.534 e. The molecule has 3 unspecified atom stereocenters. The fourth-order valence-electron chi connectivity index (χ4n) is 7.90. The van der Waals surface area contributed by atoms with E-state index in [0.29, 0.717) is 18.5 Å². The van der Waals surface area contributed by atoms with E-state index in [4.69, 9.17) is 18.8 Å². The number of hydrogen-bond acceptors (Lipinski definition) is 19. The van der Waals surface area contributed by atoms with Crippen molar-refractivity contribution in [2.45, 2.75) is 177 Å². The highest BCUT2D eigenvalue weighted by Crippen LogP contribution is 2.37. The fraction of sp³-hybridized carbons (Fsp3) is 0.648. The molecule has 0 spiro atoms. The van der Waals surface area contributed by atoms with Gasteiger partial charge in [-0.1, -0.05) is 41.2 Å². The summed E-state index contributed by atoms with van der Waals surface area (Å²) >= 11 is 6.55. The lowest BCUT2D eigenvalue weighted by Gasteiger charge is -2.33. The quantitative estimate of drug-likeness (QED) is 0.109. The Bertz CT molecular complexity index is 2710. The first-order chi connectivity index (χ1) is 36.7. The molecule has 9 rings (SSSR count). The van der Waals surface area contributed by atoms with Gasteiger partial charge in [0.1, 0.15) is 11.2 Å². The summed E-state index contributed by atoms with van der Waals surface area (Å²) in [5, 5.41) is 3.54. The molecule has 26 heteroatoms. The Morgan fingerprint density at radius 1 is 0.700 bits per heavy atom. The van der Waals surface area contributed by atoms with Crippen molar-refractivity contribution in [1.29, 1.82) is 0 Å². The average Bonchev–Trinajstić information content (AvgIpc) is 4.22. The molecule has 1 N–H and O–H groups in total. The molecule has 4 aromatic heterocycles. The molecular formula is C54H82BF3N8O9S5. The lowest BCUT2D eigenvalue weighted by molar-refractivity contribution is -0.0546. The third kappa shape index (κ3) is 20.8. The number of hydrogen-bond donors (Lipinski definition) is 1. The van der Waals surface area contributed by atoms with Crippen LogP contribution in [-0.2, 0) is 33.1 Å². The Morgan fingerprint density at radius 3 is 1.70 bits per heavy atom.